The summed E-state index contributed by atoms with van der Waals surface area (Å²) >= 11 is 1.39. The van der Waals surface area contributed by atoms with E-state index in [0.29, 0.717) is 6.54 Å². The van der Waals surface area contributed by atoms with Gasteiger partial charge < -0.3 is 9.88 Å². The van der Waals surface area contributed by atoms with Crippen LogP contribution in [0.1, 0.15) is 29.9 Å². The van der Waals surface area contributed by atoms with Crippen LogP contribution in [0, 0.1) is 0 Å². The Balaban J connectivity index is 1.71. The van der Waals surface area contributed by atoms with Gasteiger partial charge in [0, 0.05) is 13.0 Å². The average molecular weight is 393 g/mol. The van der Waals surface area contributed by atoms with E-state index < -0.39 is 0 Å². The predicted octanol–water partition coefficient (Wildman–Crippen LogP) is 4.02. The van der Waals surface area contributed by atoms with Crippen molar-refractivity contribution in [2.45, 2.75) is 31.1 Å². The van der Waals surface area contributed by atoms with Gasteiger partial charge in [-0.3, -0.25) is 4.79 Å². The molecule has 2 aromatic carbocycles. The van der Waals surface area contributed by atoms with Gasteiger partial charge in [-0.2, -0.15) is 0 Å². The van der Waals surface area contributed by atoms with E-state index in [1.54, 1.807) is 0 Å². The highest BCUT2D eigenvalue weighted by molar-refractivity contribution is 7.99. The van der Waals surface area contributed by atoms with Crippen molar-refractivity contribution in [2.75, 3.05) is 5.75 Å². The normalized spacial score (nSPS) is 10.8. The summed E-state index contributed by atoms with van der Waals surface area (Å²) in [5.41, 5.74) is 2.10. The third kappa shape index (κ3) is 4.89. The van der Waals surface area contributed by atoms with Gasteiger partial charge in [0.05, 0.1) is 11.8 Å². The highest BCUT2D eigenvalue weighted by Crippen LogP contribution is 2.23. The molecule has 1 N–H and O–H groups in total. The molecule has 0 aliphatic heterocycles. The molecular formula is C22H24N4OS. The smallest absolute Gasteiger partial charge is 0.231 e. The first kappa shape index (κ1) is 19.9. The van der Waals surface area contributed by atoms with Crippen molar-refractivity contribution in [3.8, 4) is 0 Å². The number of allylic oxidation sites excluding steroid dienone is 1. The Bertz CT molecular complexity index is 869. The van der Waals surface area contributed by atoms with Crippen molar-refractivity contribution in [3.05, 3.63) is 90.3 Å². The highest BCUT2D eigenvalue weighted by atomic mass is 32.2. The molecule has 0 saturated carbocycles. The van der Waals surface area contributed by atoms with Crippen LogP contribution in [0.5, 0.6) is 0 Å². The fourth-order valence-corrected chi connectivity index (χ4v) is 3.76. The van der Waals surface area contributed by atoms with Crippen LogP contribution in [0.25, 0.3) is 0 Å². The topological polar surface area (TPSA) is 59.8 Å². The summed E-state index contributed by atoms with van der Waals surface area (Å²) in [6.45, 7) is 6.46. The van der Waals surface area contributed by atoms with Crippen LogP contribution in [-0.2, 0) is 17.8 Å². The van der Waals surface area contributed by atoms with Crippen LogP contribution in [0.4, 0.5) is 0 Å². The molecule has 0 saturated heterocycles. The van der Waals surface area contributed by atoms with Crippen molar-refractivity contribution >= 4 is 17.7 Å². The number of thioether (sulfide) groups is 1. The Kier molecular flexibility index (Phi) is 7.03. The molecular weight excluding hydrogens is 368 g/mol. The van der Waals surface area contributed by atoms with E-state index in [1.807, 2.05) is 78.2 Å². The first-order chi connectivity index (χ1) is 13.7. The minimum Gasteiger partial charge on any atom is -0.344 e. The number of amides is 1. The van der Waals surface area contributed by atoms with Crippen LogP contribution >= 0.6 is 11.8 Å². The summed E-state index contributed by atoms with van der Waals surface area (Å²) in [4.78, 5) is 12.7. The molecule has 0 fully saturated rings. The minimum absolute atomic E-state index is 0.0473. The lowest BCUT2D eigenvalue weighted by atomic mass is 9.99. The van der Waals surface area contributed by atoms with E-state index in [2.05, 4.69) is 22.1 Å². The van der Waals surface area contributed by atoms with Crippen LogP contribution in [0.15, 0.2) is 78.5 Å². The molecule has 0 aliphatic rings. The SMILES string of the molecule is C=CCn1c(CC)nnc1SCC(=O)NC(c1ccccc1)c1ccccc1. The summed E-state index contributed by atoms with van der Waals surface area (Å²) in [7, 11) is 0. The maximum absolute atomic E-state index is 12.7. The van der Waals surface area contributed by atoms with Gasteiger partial charge in [-0.25, -0.2) is 0 Å². The number of hydrogen-bond donors (Lipinski definition) is 1. The molecule has 28 heavy (non-hydrogen) atoms. The van der Waals surface area contributed by atoms with Gasteiger partial charge in [-0.15, -0.1) is 16.8 Å². The van der Waals surface area contributed by atoms with Crippen LogP contribution in [0.2, 0.25) is 0 Å². The molecule has 6 heteroatoms. The second-order valence-electron chi connectivity index (χ2n) is 6.26. The quantitative estimate of drug-likeness (QED) is 0.441. The molecule has 144 valence electrons. The van der Waals surface area contributed by atoms with Gasteiger partial charge in [-0.1, -0.05) is 85.4 Å². The number of aromatic nitrogens is 3. The Hall–Kier alpha value is -2.86. The number of carbonyl (C=O) groups is 1. The van der Waals surface area contributed by atoms with E-state index in [1.165, 1.54) is 11.8 Å². The van der Waals surface area contributed by atoms with Gasteiger partial charge in [0.15, 0.2) is 5.16 Å². The largest absolute Gasteiger partial charge is 0.344 e. The van der Waals surface area contributed by atoms with Gasteiger partial charge >= 0.3 is 0 Å². The lowest BCUT2D eigenvalue weighted by Gasteiger charge is -2.20. The lowest BCUT2D eigenvalue weighted by Crippen LogP contribution is -2.30. The lowest BCUT2D eigenvalue weighted by molar-refractivity contribution is -0.119. The summed E-state index contributed by atoms with van der Waals surface area (Å²) in [6, 6.07) is 19.8. The van der Waals surface area contributed by atoms with E-state index in [9.17, 15) is 4.79 Å². The number of carbonyl (C=O) groups excluding carboxylic acids is 1. The van der Waals surface area contributed by atoms with Gasteiger partial charge in [0.25, 0.3) is 0 Å². The third-order valence-corrected chi connectivity index (χ3v) is 5.29. The number of aryl methyl sites for hydroxylation is 1. The van der Waals surface area contributed by atoms with E-state index >= 15 is 0 Å². The monoisotopic (exact) mass is 392 g/mol. The van der Waals surface area contributed by atoms with Crippen molar-refractivity contribution in [2.24, 2.45) is 0 Å². The molecule has 0 spiro atoms. The maximum atomic E-state index is 12.7. The highest BCUT2D eigenvalue weighted by Gasteiger charge is 2.18. The number of benzene rings is 2. The van der Waals surface area contributed by atoms with Crippen molar-refractivity contribution in [1.29, 1.82) is 0 Å². The Labute approximate surface area is 169 Å². The molecule has 3 aromatic rings. The summed E-state index contributed by atoms with van der Waals surface area (Å²) in [5, 5.41) is 12.3. The zero-order valence-corrected chi connectivity index (χ0v) is 16.7. The summed E-state index contributed by atoms with van der Waals surface area (Å²) in [5.74, 6) is 1.12. The predicted molar refractivity (Wildman–Crippen MR) is 113 cm³/mol. The zero-order chi connectivity index (χ0) is 19.8. The van der Waals surface area contributed by atoms with E-state index in [4.69, 9.17) is 0 Å². The molecule has 3 rings (SSSR count). The molecule has 1 aromatic heterocycles. The Morgan fingerprint density at radius 2 is 1.71 bits per heavy atom. The molecule has 0 unspecified atom stereocenters. The zero-order valence-electron chi connectivity index (χ0n) is 15.9. The van der Waals surface area contributed by atoms with Crippen molar-refractivity contribution < 1.29 is 4.79 Å². The first-order valence-corrected chi connectivity index (χ1v) is 10.3. The molecule has 1 heterocycles. The van der Waals surface area contributed by atoms with Gasteiger partial charge in [-0.05, 0) is 11.1 Å². The molecule has 0 aliphatic carbocycles. The Morgan fingerprint density at radius 1 is 1.11 bits per heavy atom. The second kappa shape index (κ2) is 9.90. The number of rotatable bonds is 9. The maximum Gasteiger partial charge on any atom is 0.231 e. The fraction of sp³-hybridized carbons (Fsp3) is 0.227. The standard InChI is InChI=1S/C22H24N4OS/c1-3-15-26-19(4-2)24-25-22(26)28-16-20(27)23-21(17-11-7-5-8-12-17)18-13-9-6-10-14-18/h3,5-14,21H,1,4,15-16H2,2H3,(H,23,27). The Morgan fingerprint density at radius 3 is 2.25 bits per heavy atom. The molecule has 0 bridgehead atoms. The van der Waals surface area contributed by atoms with Gasteiger partial charge in [0.2, 0.25) is 5.91 Å². The second-order valence-corrected chi connectivity index (χ2v) is 7.20. The number of nitrogens with zero attached hydrogens (tertiary/aromatic N) is 3. The van der Waals surface area contributed by atoms with Crippen molar-refractivity contribution in [1.82, 2.24) is 20.1 Å². The van der Waals surface area contributed by atoms with Crippen LogP contribution in [0.3, 0.4) is 0 Å². The van der Waals surface area contributed by atoms with Crippen LogP contribution in [-0.4, -0.2) is 26.4 Å². The summed E-state index contributed by atoms with van der Waals surface area (Å²) in [6.07, 6.45) is 2.60. The van der Waals surface area contributed by atoms with Crippen molar-refractivity contribution in [3.63, 3.8) is 0 Å². The van der Waals surface area contributed by atoms with E-state index in [-0.39, 0.29) is 17.7 Å². The number of nitrogens with one attached hydrogen (secondary N) is 1. The first-order valence-electron chi connectivity index (χ1n) is 9.28. The van der Waals surface area contributed by atoms with E-state index in [0.717, 1.165) is 28.5 Å². The van der Waals surface area contributed by atoms with Gasteiger partial charge in [0.1, 0.15) is 5.82 Å². The number of hydrogen-bond acceptors (Lipinski definition) is 4. The molecule has 1 amide bonds. The molecule has 0 atom stereocenters. The third-order valence-electron chi connectivity index (χ3n) is 4.32. The minimum atomic E-state index is -0.187. The fourth-order valence-electron chi connectivity index (χ4n) is 2.98. The summed E-state index contributed by atoms with van der Waals surface area (Å²) < 4.78 is 2.00. The average Bonchev–Trinajstić information content (AvgIpc) is 3.14. The molecule has 5 nitrogen and oxygen atoms in total. The molecule has 0 radical (unpaired) electrons. The van der Waals surface area contributed by atoms with Crippen LogP contribution < -0.4 is 5.32 Å².